The molecule has 7 fully saturated rings. The summed E-state index contributed by atoms with van der Waals surface area (Å²) >= 11 is 7.63. The Morgan fingerprint density at radius 3 is 1.81 bits per heavy atom. The number of ether oxygens (including phenoxy) is 4. The van der Waals surface area contributed by atoms with Crippen molar-refractivity contribution in [2.24, 2.45) is 64.1 Å². The van der Waals surface area contributed by atoms with Gasteiger partial charge in [-0.25, -0.2) is 0 Å². The number of aliphatic hydroxyl groups excluding tert-OH is 2. The fraction of sp³-hybridized carbons (Fsp3) is 0.885. The van der Waals surface area contributed by atoms with Crippen LogP contribution in [0.25, 0.3) is 0 Å². The van der Waals surface area contributed by atoms with Gasteiger partial charge in [-0.2, -0.15) is 0 Å². The number of fused-ring (bicyclic) bond motifs is 10. The van der Waals surface area contributed by atoms with Crippen LogP contribution in [0, 0.1) is 64.1 Å². The van der Waals surface area contributed by atoms with E-state index < -0.39 is 6.10 Å². The summed E-state index contributed by atoms with van der Waals surface area (Å²) in [5.41, 5.74) is 1.79. The number of esters is 2. The largest absolute Gasteiger partial charge is 0.461 e. The Morgan fingerprint density at radius 2 is 1.23 bits per heavy atom. The molecular weight excluding hydrogens is 944 g/mol. The molecule has 362 valence electrons. The van der Waals surface area contributed by atoms with E-state index in [0.717, 1.165) is 122 Å². The number of rotatable bonds is 16. The zero-order valence-electron chi connectivity index (χ0n) is 39.2. The van der Waals surface area contributed by atoms with Crippen molar-refractivity contribution in [3.63, 3.8) is 0 Å². The van der Waals surface area contributed by atoms with Crippen LogP contribution in [0.4, 0.5) is 0 Å². The SMILES string of the molecule is CCC(=O)O[C@H]1[C@H](Br)CC2C3C(CC[C@@H]21)[C@@]1(C)CC[C@H](OCCCCC=O)CC1=C[C@@H]3O.CCC(=O)O[C@H]1[C@H](Br)CC2C3C(CC[C@@H]21)[C@@]1(C)CC[C@H](OCCCCC=O)CC1C[C@@H]3O. The van der Waals surface area contributed by atoms with Crippen LogP contribution in [-0.2, 0) is 38.1 Å². The molecule has 0 bridgehead atoms. The number of aliphatic hydroxyl groups is 2. The minimum atomic E-state index is -0.428. The van der Waals surface area contributed by atoms with Crippen molar-refractivity contribution < 1.29 is 48.3 Å². The summed E-state index contributed by atoms with van der Waals surface area (Å²) in [5.74, 6) is 3.42. The number of alkyl halides is 2. The van der Waals surface area contributed by atoms with Gasteiger partial charge in [0.15, 0.2) is 0 Å². The van der Waals surface area contributed by atoms with Crippen LogP contribution in [0.5, 0.6) is 0 Å². The molecule has 8 aliphatic rings. The standard InChI is InChI=1S/C26H41BrO5.C26H39BrO5/c2*1-3-23(30)32-25-18-7-8-20-24(19(18)15-21(25)27)22(29)14-16-13-17(9-10-26(16,20)2)31-12-6-4-5-11-28/h11,16-22,24-25,29H,3-10,12-15H2,1-2H3;11,14,17-22,24-25,29H,3-10,12-13,15H2,1-2H3/t16?,17-,18-,19?,20?,21+,22-,24?,25+,26-;17-,18-,19?,20?,21+,22-,24?,25+,26-/m00/s1. The zero-order chi connectivity index (χ0) is 45.8. The molecule has 12 heteroatoms. The molecule has 0 amide bonds. The van der Waals surface area contributed by atoms with Gasteiger partial charge in [0.25, 0.3) is 0 Å². The van der Waals surface area contributed by atoms with Gasteiger partial charge in [-0.3, -0.25) is 9.59 Å². The average molecular weight is 1030 g/mol. The molecule has 2 N–H and O–H groups in total. The Balaban J connectivity index is 0.000000191. The maximum atomic E-state index is 12.0. The topological polar surface area (TPSA) is 146 Å². The summed E-state index contributed by atoms with van der Waals surface area (Å²) in [7, 11) is 0. The van der Waals surface area contributed by atoms with Gasteiger partial charge in [0.1, 0.15) is 24.8 Å². The lowest BCUT2D eigenvalue weighted by Crippen LogP contribution is -2.57. The van der Waals surface area contributed by atoms with Crippen LogP contribution in [0.1, 0.15) is 163 Å². The Hall–Kier alpha value is -1.18. The second kappa shape index (κ2) is 22.5. The van der Waals surface area contributed by atoms with Gasteiger partial charge in [0, 0.05) is 50.7 Å². The molecule has 64 heavy (non-hydrogen) atoms. The van der Waals surface area contributed by atoms with Crippen LogP contribution in [0.3, 0.4) is 0 Å². The van der Waals surface area contributed by atoms with Crippen LogP contribution in [0.2, 0.25) is 0 Å². The summed E-state index contributed by atoms with van der Waals surface area (Å²) in [4.78, 5) is 45.4. The predicted molar refractivity (Wildman–Crippen MR) is 253 cm³/mol. The van der Waals surface area contributed by atoms with E-state index in [1.807, 2.05) is 13.8 Å². The van der Waals surface area contributed by atoms with Crippen molar-refractivity contribution in [3.8, 4) is 0 Å². The second-order valence-corrected chi connectivity index (χ2v) is 24.1. The molecule has 0 aliphatic heterocycles. The fourth-order valence-corrected chi connectivity index (χ4v) is 17.1. The van der Waals surface area contributed by atoms with E-state index in [1.54, 1.807) is 0 Å². The number of carbonyl (C=O) groups excluding carboxylic acids is 4. The highest BCUT2D eigenvalue weighted by Gasteiger charge is 2.62. The van der Waals surface area contributed by atoms with Crippen LogP contribution >= 0.6 is 31.9 Å². The predicted octanol–water partition coefficient (Wildman–Crippen LogP) is 10.0. The summed E-state index contributed by atoms with van der Waals surface area (Å²) in [6, 6.07) is 0. The molecule has 0 aromatic carbocycles. The Morgan fingerprint density at radius 1 is 0.688 bits per heavy atom. The van der Waals surface area contributed by atoms with Gasteiger partial charge >= 0.3 is 11.9 Å². The molecule has 19 atom stereocenters. The lowest BCUT2D eigenvalue weighted by atomic mass is 9.46. The van der Waals surface area contributed by atoms with E-state index in [4.69, 9.17) is 18.9 Å². The molecule has 7 saturated carbocycles. The first-order chi connectivity index (χ1) is 30.8. The number of carbonyl (C=O) groups is 4. The van der Waals surface area contributed by atoms with E-state index >= 15 is 0 Å². The van der Waals surface area contributed by atoms with Crippen molar-refractivity contribution >= 4 is 56.4 Å². The summed E-state index contributed by atoms with van der Waals surface area (Å²) in [6.07, 6.45) is 23.2. The van der Waals surface area contributed by atoms with Gasteiger partial charge in [-0.05, 0) is 161 Å². The maximum absolute atomic E-state index is 12.0. The third-order valence-corrected chi connectivity index (χ3v) is 20.3. The van der Waals surface area contributed by atoms with E-state index in [1.165, 1.54) is 12.0 Å². The Kier molecular flexibility index (Phi) is 17.8. The van der Waals surface area contributed by atoms with E-state index in [-0.39, 0.29) is 62.8 Å². The van der Waals surface area contributed by atoms with Crippen molar-refractivity contribution in [1.82, 2.24) is 0 Å². The lowest BCUT2D eigenvalue weighted by Gasteiger charge is -2.60. The van der Waals surface area contributed by atoms with Crippen molar-refractivity contribution in [1.29, 1.82) is 0 Å². The van der Waals surface area contributed by atoms with Gasteiger partial charge in [0.2, 0.25) is 0 Å². The van der Waals surface area contributed by atoms with Crippen LogP contribution in [0.15, 0.2) is 11.6 Å². The fourth-order valence-electron chi connectivity index (χ4n) is 15.2. The monoisotopic (exact) mass is 1020 g/mol. The van der Waals surface area contributed by atoms with E-state index in [2.05, 4.69) is 51.8 Å². The smallest absolute Gasteiger partial charge is 0.305 e. The van der Waals surface area contributed by atoms with Crippen molar-refractivity contribution in [2.45, 2.75) is 209 Å². The highest BCUT2D eigenvalue weighted by molar-refractivity contribution is 9.09. The van der Waals surface area contributed by atoms with Gasteiger partial charge in [0.05, 0.1) is 34.1 Å². The average Bonchev–Trinajstić information content (AvgIpc) is 3.77. The van der Waals surface area contributed by atoms with Gasteiger partial charge in [-0.1, -0.05) is 71.2 Å². The number of aldehydes is 2. The number of unbranched alkanes of at least 4 members (excludes halogenated alkanes) is 4. The molecule has 7 unspecified atom stereocenters. The molecule has 8 rings (SSSR count). The quantitative estimate of drug-likeness (QED) is 0.0504. The highest BCUT2D eigenvalue weighted by atomic mass is 79.9. The van der Waals surface area contributed by atoms with Crippen LogP contribution in [-0.4, -0.2) is 94.2 Å². The number of hydrogen-bond donors (Lipinski definition) is 2. The molecule has 0 heterocycles. The first-order valence-corrected chi connectivity index (χ1v) is 27.5. The summed E-state index contributed by atoms with van der Waals surface area (Å²) < 4.78 is 24.0. The highest BCUT2D eigenvalue weighted by Crippen LogP contribution is 2.65. The molecule has 0 saturated heterocycles. The normalized spacial score (nSPS) is 44.2. The molecule has 0 aromatic rings. The van der Waals surface area contributed by atoms with Gasteiger partial charge < -0.3 is 38.7 Å². The Labute approximate surface area is 400 Å². The third kappa shape index (κ3) is 10.7. The molecule has 8 aliphatic carbocycles. The first-order valence-electron chi connectivity index (χ1n) is 25.6. The van der Waals surface area contributed by atoms with Gasteiger partial charge in [-0.15, -0.1) is 0 Å². The van der Waals surface area contributed by atoms with Crippen molar-refractivity contribution in [2.75, 3.05) is 13.2 Å². The minimum absolute atomic E-state index is 0.0468. The molecule has 0 aromatic heterocycles. The van der Waals surface area contributed by atoms with Crippen LogP contribution < -0.4 is 0 Å². The second-order valence-electron chi connectivity index (χ2n) is 21.7. The third-order valence-electron chi connectivity index (χ3n) is 18.5. The summed E-state index contributed by atoms with van der Waals surface area (Å²) in [6.45, 7) is 10.1. The molecule has 0 radical (unpaired) electrons. The summed E-state index contributed by atoms with van der Waals surface area (Å²) in [5, 5.41) is 22.7. The van der Waals surface area contributed by atoms with E-state index in [0.29, 0.717) is 85.7 Å². The Bertz CT molecular complexity index is 1630. The number of halogens is 2. The van der Waals surface area contributed by atoms with Crippen molar-refractivity contribution in [3.05, 3.63) is 11.6 Å². The van der Waals surface area contributed by atoms with E-state index in [9.17, 15) is 29.4 Å². The minimum Gasteiger partial charge on any atom is -0.461 e. The zero-order valence-corrected chi connectivity index (χ0v) is 42.4. The number of hydrogen-bond acceptors (Lipinski definition) is 10. The maximum Gasteiger partial charge on any atom is 0.305 e. The molecular formula is C52H80Br2O10. The molecule has 0 spiro atoms. The first kappa shape index (κ1) is 50.7. The lowest BCUT2D eigenvalue weighted by molar-refractivity contribution is -0.170. The molecule has 10 nitrogen and oxygen atoms in total.